The molecule has 1 unspecified atom stereocenters. The second-order valence-electron chi connectivity index (χ2n) is 9.97. The van der Waals surface area contributed by atoms with Gasteiger partial charge in [0.05, 0.1) is 6.67 Å². The Morgan fingerprint density at radius 2 is 1.41 bits per heavy atom. The van der Waals surface area contributed by atoms with Gasteiger partial charge >= 0.3 is 6.18 Å². The highest BCUT2D eigenvalue weighted by Gasteiger charge is 2.43. The van der Waals surface area contributed by atoms with Crippen molar-refractivity contribution in [3.63, 3.8) is 0 Å². The number of alkyl halides is 5. The highest BCUT2D eigenvalue weighted by atomic mass is 19.4. The Morgan fingerprint density at radius 3 is 1.97 bits per heavy atom. The monoisotopic (exact) mass is 462 g/mol. The minimum atomic E-state index is -5.09. The van der Waals surface area contributed by atoms with Crippen LogP contribution in [0, 0.1) is 23.6 Å². The standard InChI is InChI=1S/C26H36F6/c27-16-4-2-1-3-5-18-6-8-19(9-7-18)20-10-12-21(13-11-20)22-14-15-23(24(28)17-22)25(29)26(30,31)32/h14-15,17-21,25H,1-13,16H2. The summed E-state index contributed by atoms with van der Waals surface area (Å²) in [5, 5.41) is 0. The molecule has 182 valence electrons. The lowest BCUT2D eigenvalue weighted by molar-refractivity contribution is -0.183. The van der Waals surface area contributed by atoms with E-state index in [-0.39, 0.29) is 12.6 Å². The molecule has 0 aliphatic heterocycles. The zero-order valence-corrected chi connectivity index (χ0v) is 18.8. The number of hydrogen-bond acceptors (Lipinski definition) is 0. The second kappa shape index (κ2) is 11.8. The van der Waals surface area contributed by atoms with Gasteiger partial charge < -0.3 is 0 Å². The Hall–Kier alpha value is -1.20. The van der Waals surface area contributed by atoms with Crippen molar-refractivity contribution >= 4 is 0 Å². The van der Waals surface area contributed by atoms with Crippen LogP contribution in [0.2, 0.25) is 0 Å². The van der Waals surface area contributed by atoms with Crippen LogP contribution in [0.5, 0.6) is 0 Å². The molecule has 6 heteroatoms. The van der Waals surface area contributed by atoms with Crippen LogP contribution in [0.3, 0.4) is 0 Å². The first-order chi connectivity index (χ1) is 15.3. The van der Waals surface area contributed by atoms with Crippen LogP contribution in [0.25, 0.3) is 0 Å². The van der Waals surface area contributed by atoms with E-state index in [2.05, 4.69) is 0 Å². The van der Waals surface area contributed by atoms with Crippen molar-refractivity contribution in [2.24, 2.45) is 17.8 Å². The summed E-state index contributed by atoms with van der Waals surface area (Å²) in [6.45, 7) is -0.205. The molecule has 1 aromatic rings. The van der Waals surface area contributed by atoms with Crippen molar-refractivity contribution in [3.8, 4) is 0 Å². The molecule has 0 aromatic heterocycles. The summed E-state index contributed by atoms with van der Waals surface area (Å²) in [6, 6.07) is 3.55. The molecule has 2 aliphatic carbocycles. The summed E-state index contributed by atoms with van der Waals surface area (Å²) in [4.78, 5) is 0. The van der Waals surface area contributed by atoms with E-state index in [0.717, 1.165) is 62.5 Å². The number of unbranched alkanes of at least 4 members (excludes halogenated alkanes) is 3. The molecule has 1 atom stereocenters. The molecular weight excluding hydrogens is 426 g/mol. The highest BCUT2D eigenvalue weighted by Crippen LogP contribution is 2.45. The first-order valence-corrected chi connectivity index (χ1v) is 12.4. The summed E-state index contributed by atoms with van der Waals surface area (Å²) < 4.78 is 77.5. The molecule has 2 aliphatic rings. The van der Waals surface area contributed by atoms with Gasteiger partial charge in [0.25, 0.3) is 0 Å². The van der Waals surface area contributed by atoms with E-state index in [9.17, 15) is 26.3 Å². The summed E-state index contributed by atoms with van der Waals surface area (Å²) in [5.74, 6) is 1.28. The van der Waals surface area contributed by atoms with Crippen molar-refractivity contribution in [2.45, 2.75) is 102 Å². The largest absolute Gasteiger partial charge is 0.424 e. The lowest BCUT2D eigenvalue weighted by Crippen LogP contribution is -2.25. The average molecular weight is 463 g/mol. The van der Waals surface area contributed by atoms with Gasteiger partial charge in [-0.25, -0.2) is 8.78 Å². The van der Waals surface area contributed by atoms with E-state index in [4.69, 9.17) is 0 Å². The third-order valence-corrected chi connectivity index (χ3v) is 7.88. The minimum Gasteiger partial charge on any atom is -0.251 e. The fraction of sp³-hybridized carbons (Fsp3) is 0.769. The molecule has 32 heavy (non-hydrogen) atoms. The Balaban J connectivity index is 1.42. The third-order valence-electron chi connectivity index (χ3n) is 7.88. The highest BCUT2D eigenvalue weighted by molar-refractivity contribution is 5.29. The molecule has 0 N–H and O–H groups in total. The zero-order valence-electron chi connectivity index (χ0n) is 18.8. The molecule has 3 rings (SSSR count). The lowest BCUT2D eigenvalue weighted by Gasteiger charge is -2.38. The zero-order chi connectivity index (χ0) is 23.1. The van der Waals surface area contributed by atoms with Crippen LogP contribution < -0.4 is 0 Å². The van der Waals surface area contributed by atoms with Crippen LogP contribution in [-0.2, 0) is 0 Å². The number of hydrogen-bond donors (Lipinski definition) is 0. The second-order valence-corrected chi connectivity index (χ2v) is 9.97. The third kappa shape index (κ3) is 6.90. The Bertz CT molecular complexity index is 684. The molecule has 0 amide bonds. The molecule has 0 bridgehead atoms. The summed E-state index contributed by atoms with van der Waals surface area (Å²) in [7, 11) is 0. The summed E-state index contributed by atoms with van der Waals surface area (Å²) in [5.41, 5.74) is -0.232. The minimum absolute atomic E-state index is 0.138. The molecule has 2 fully saturated rings. The Morgan fingerprint density at radius 1 is 0.812 bits per heavy atom. The first kappa shape index (κ1) is 25.4. The SMILES string of the molecule is FCCCCCCC1CCC(C2CCC(c3ccc(C(F)C(F)(F)F)c(F)c3)CC2)CC1. The van der Waals surface area contributed by atoms with Gasteiger partial charge in [-0.15, -0.1) is 0 Å². The average Bonchev–Trinajstić information content (AvgIpc) is 2.78. The van der Waals surface area contributed by atoms with Crippen LogP contribution in [0.15, 0.2) is 18.2 Å². The van der Waals surface area contributed by atoms with Crippen molar-refractivity contribution in [3.05, 3.63) is 35.1 Å². The van der Waals surface area contributed by atoms with Gasteiger partial charge in [0.15, 0.2) is 0 Å². The van der Waals surface area contributed by atoms with Gasteiger partial charge in [-0.3, -0.25) is 4.39 Å². The van der Waals surface area contributed by atoms with Crippen molar-refractivity contribution in [2.75, 3.05) is 6.67 Å². The van der Waals surface area contributed by atoms with E-state index >= 15 is 0 Å². The Kier molecular flexibility index (Phi) is 9.36. The predicted molar refractivity (Wildman–Crippen MR) is 116 cm³/mol. The van der Waals surface area contributed by atoms with E-state index < -0.39 is 23.7 Å². The molecular formula is C26H36F6. The molecule has 0 saturated heterocycles. The normalized spacial score (nSPS) is 27.9. The molecule has 1 aromatic carbocycles. The van der Waals surface area contributed by atoms with Gasteiger partial charge in [0.1, 0.15) is 5.82 Å². The first-order valence-electron chi connectivity index (χ1n) is 12.4. The number of rotatable bonds is 9. The number of benzene rings is 1. The Labute approximate surface area is 188 Å². The van der Waals surface area contributed by atoms with Gasteiger partial charge in [-0.1, -0.05) is 50.7 Å². The molecule has 2 saturated carbocycles. The van der Waals surface area contributed by atoms with Crippen LogP contribution >= 0.6 is 0 Å². The van der Waals surface area contributed by atoms with Crippen molar-refractivity contribution < 1.29 is 26.3 Å². The fourth-order valence-electron chi connectivity index (χ4n) is 5.93. The molecule has 0 nitrogen and oxygen atoms in total. The quantitative estimate of drug-likeness (QED) is 0.253. The maximum absolute atomic E-state index is 14.2. The van der Waals surface area contributed by atoms with E-state index in [1.165, 1.54) is 44.6 Å². The van der Waals surface area contributed by atoms with Gasteiger partial charge in [-0.05, 0) is 80.2 Å². The van der Waals surface area contributed by atoms with E-state index in [1.807, 2.05) is 0 Å². The predicted octanol–water partition coefficient (Wildman–Crippen LogP) is 9.40. The van der Waals surface area contributed by atoms with Crippen molar-refractivity contribution in [1.82, 2.24) is 0 Å². The topological polar surface area (TPSA) is 0 Å². The van der Waals surface area contributed by atoms with Crippen molar-refractivity contribution in [1.29, 1.82) is 0 Å². The summed E-state index contributed by atoms with van der Waals surface area (Å²) >= 11 is 0. The maximum atomic E-state index is 14.2. The van der Waals surface area contributed by atoms with Gasteiger partial charge in [0.2, 0.25) is 6.17 Å². The smallest absolute Gasteiger partial charge is 0.251 e. The summed E-state index contributed by atoms with van der Waals surface area (Å²) in [6.07, 6.45) is 6.00. The van der Waals surface area contributed by atoms with Crippen LogP contribution in [0.4, 0.5) is 26.3 Å². The number of halogens is 6. The molecule has 0 heterocycles. The van der Waals surface area contributed by atoms with E-state index in [0.29, 0.717) is 17.9 Å². The fourth-order valence-corrected chi connectivity index (χ4v) is 5.93. The van der Waals surface area contributed by atoms with Gasteiger partial charge in [0, 0.05) is 5.56 Å². The van der Waals surface area contributed by atoms with Crippen LogP contribution in [0.1, 0.15) is 107 Å². The van der Waals surface area contributed by atoms with Gasteiger partial charge in [-0.2, -0.15) is 13.2 Å². The molecule has 0 spiro atoms. The van der Waals surface area contributed by atoms with E-state index in [1.54, 1.807) is 0 Å². The van der Waals surface area contributed by atoms with Crippen LogP contribution in [-0.4, -0.2) is 12.9 Å². The lowest BCUT2D eigenvalue weighted by atomic mass is 9.68. The maximum Gasteiger partial charge on any atom is 0.424 e. The molecule has 0 radical (unpaired) electrons.